The first-order valence-electron chi connectivity index (χ1n) is 9.93. The number of hydrogen-bond donors (Lipinski definition) is 2. The molecule has 1 aliphatic rings. The Labute approximate surface area is 171 Å². The molecule has 1 aliphatic heterocycles. The van der Waals surface area contributed by atoms with Crippen LogP contribution in [0.3, 0.4) is 0 Å². The molecule has 0 bridgehead atoms. The maximum absolute atomic E-state index is 12.2. The predicted molar refractivity (Wildman–Crippen MR) is 112 cm³/mol. The third kappa shape index (κ3) is 6.20. The fourth-order valence-corrected chi connectivity index (χ4v) is 3.59. The molecule has 0 unspecified atom stereocenters. The minimum atomic E-state index is -1.04. The highest BCUT2D eigenvalue weighted by Gasteiger charge is 2.27. The average Bonchev–Trinajstić information content (AvgIpc) is 2.73. The van der Waals surface area contributed by atoms with E-state index in [4.69, 9.17) is 10.8 Å². The maximum Gasteiger partial charge on any atom is 0.305 e. The highest BCUT2D eigenvalue weighted by Crippen LogP contribution is 2.22. The molecule has 1 saturated heterocycles. The first-order valence-corrected chi connectivity index (χ1v) is 9.93. The number of piperidine rings is 1. The number of carbonyl (C=O) groups excluding carboxylic acids is 1. The van der Waals surface area contributed by atoms with E-state index in [2.05, 4.69) is 36.1 Å². The number of benzene rings is 2. The number of rotatable bonds is 5. The molecule has 3 rings (SSSR count). The molecule has 150 valence electrons. The number of nitrogens with two attached hydrogens (primary N) is 1. The Morgan fingerprint density at radius 3 is 2.17 bits per heavy atom. The maximum atomic E-state index is 12.2. The lowest BCUT2D eigenvalue weighted by Crippen LogP contribution is -2.48. The number of likely N-dealkylation sites (tertiary alicyclic amines) is 1. The standard InChI is InChI=1S/C24H26N2O3/c25-22(17-23(27)28)24(29)26-14-12-21(13-15-26)16-20-10-8-19(9-11-20)7-6-18-4-2-1-3-5-18/h1-5,8-11,21-22H,12-17,25H2,(H,27,28)/t22-/m1/s1. The van der Waals surface area contributed by atoms with Crippen LogP contribution in [0.5, 0.6) is 0 Å². The van der Waals surface area contributed by atoms with E-state index >= 15 is 0 Å². The molecule has 5 heteroatoms. The zero-order valence-electron chi connectivity index (χ0n) is 16.4. The largest absolute Gasteiger partial charge is 0.481 e. The van der Waals surface area contributed by atoms with Gasteiger partial charge in [0.05, 0.1) is 12.5 Å². The molecule has 0 spiro atoms. The summed E-state index contributed by atoms with van der Waals surface area (Å²) in [6.45, 7) is 1.27. The first-order chi connectivity index (χ1) is 14.0. The molecule has 0 saturated carbocycles. The van der Waals surface area contributed by atoms with Crippen molar-refractivity contribution in [2.45, 2.75) is 31.7 Å². The zero-order valence-corrected chi connectivity index (χ0v) is 16.4. The topological polar surface area (TPSA) is 83.6 Å². The molecule has 29 heavy (non-hydrogen) atoms. The number of carboxylic acids is 1. The van der Waals surface area contributed by atoms with Crippen LogP contribution >= 0.6 is 0 Å². The minimum Gasteiger partial charge on any atom is -0.481 e. The van der Waals surface area contributed by atoms with Gasteiger partial charge in [0.1, 0.15) is 0 Å². The lowest BCUT2D eigenvalue weighted by molar-refractivity contribution is -0.142. The highest BCUT2D eigenvalue weighted by molar-refractivity contribution is 5.86. The lowest BCUT2D eigenvalue weighted by atomic mass is 9.89. The second-order valence-corrected chi connectivity index (χ2v) is 7.49. The first kappa shape index (κ1) is 20.6. The molecule has 1 amide bonds. The van der Waals surface area contributed by atoms with E-state index in [0.29, 0.717) is 19.0 Å². The summed E-state index contributed by atoms with van der Waals surface area (Å²) < 4.78 is 0. The van der Waals surface area contributed by atoms with Crippen LogP contribution in [0.25, 0.3) is 0 Å². The third-order valence-corrected chi connectivity index (χ3v) is 5.24. The molecule has 0 aromatic heterocycles. The lowest BCUT2D eigenvalue weighted by Gasteiger charge is -2.33. The van der Waals surface area contributed by atoms with Gasteiger partial charge in [-0.2, -0.15) is 0 Å². The summed E-state index contributed by atoms with van der Waals surface area (Å²) in [6.07, 6.45) is 2.45. The van der Waals surface area contributed by atoms with Gasteiger partial charge in [-0.05, 0) is 55.0 Å². The second kappa shape index (κ2) is 9.90. The smallest absolute Gasteiger partial charge is 0.305 e. The molecule has 1 atom stereocenters. The number of hydrogen-bond acceptors (Lipinski definition) is 3. The van der Waals surface area contributed by atoms with Gasteiger partial charge in [-0.1, -0.05) is 42.2 Å². The Bertz CT molecular complexity index is 889. The van der Waals surface area contributed by atoms with E-state index in [-0.39, 0.29) is 12.3 Å². The van der Waals surface area contributed by atoms with Gasteiger partial charge in [0.2, 0.25) is 5.91 Å². The van der Waals surface area contributed by atoms with E-state index in [1.807, 2.05) is 30.3 Å². The predicted octanol–water partition coefficient (Wildman–Crippen LogP) is 2.67. The second-order valence-electron chi connectivity index (χ2n) is 7.49. The van der Waals surface area contributed by atoms with Crippen LogP contribution in [0.1, 0.15) is 36.0 Å². The Hall–Kier alpha value is -3.10. The molecule has 5 nitrogen and oxygen atoms in total. The van der Waals surface area contributed by atoms with Gasteiger partial charge < -0.3 is 15.7 Å². The van der Waals surface area contributed by atoms with Gasteiger partial charge in [-0.15, -0.1) is 0 Å². The van der Waals surface area contributed by atoms with Crippen molar-refractivity contribution in [3.63, 3.8) is 0 Å². The van der Waals surface area contributed by atoms with Crippen molar-refractivity contribution in [2.75, 3.05) is 13.1 Å². The Kier molecular flexibility index (Phi) is 7.04. The Morgan fingerprint density at radius 2 is 1.59 bits per heavy atom. The number of aliphatic carboxylic acids is 1. The molecule has 0 aliphatic carbocycles. The van der Waals surface area contributed by atoms with E-state index in [0.717, 1.165) is 30.4 Å². The zero-order chi connectivity index (χ0) is 20.6. The van der Waals surface area contributed by atoms with E-state index in [9.17, 15) is 9.59 Å². The molecule has 1 fully saturated rings. The summed E-state index contributed by atoms with van der Waals surface area (Å²) in [5, 5.41) is 8.79. The summed E-state index contributed by atoms with van der Waals surface area (Å²) in [5.74, 6) is 5.56. The SMILES string of the molecule is N[C@H](CC(=O)O)C(=O)N1CCC(Cc2ccc(C#Cc3ccccc3)cc2)CC1. The Morgan fingerprint density at radius 1 is 1.00 bits per heavy atom. The van der Waals surface area contributed by atoms with E-state index < -0.39 is 12.0 Å². The summed E-state index contributed by atoms with van der Waals surface area (Å²) in [6, 6.07) is 17.3. The van der Waals surface area contributed by atoms with Crippen molar-refractivity contribution in [1.29, 1.82) is 0 Å². The number of carbonyl (C=O) groups is 2. The molecule has 1 heterocycles. The average molecular weight is 390 g/mol. The van der Waals surface area contributed by atoms with Crippen LogP contribution < -0.4 is 5.73 Å². The van der Waals surface area contributed by atoms with Crippen molar-refractivity contribution >= 4 is 11.9 Å². The number of carboxylic acid groups (broad SMARTS) is 1. The van der Waals surface area contributed by atoms with Crippen LogP contribution in [-0.4, -0.2) is 41.0 Å². The van der Waals surface area contributed by atoms with Crippen molar-refractivity contribution in [1.82, 2.24) is 4.90 Å². The van der Waals surface area contributed by atoms with Crippen LogP contribution in [0.15, 0.2) is 54.6 Å². The van der Waals surface area contributed by atoms with Gasteiger partial charge in [0.25, 0.3) is 0 Å². The molecular formula is C24H26N2O3. The van der Waals surface area contributed by atoms with Crippen molar-refractivity contribution < 1.29 is 14.7 Å². The highest BCUT2D eigenvalue weighted by atomic mass is 16.4. The fourth-order valence-electron chi connectivity index (χ4n) is 3.59. The molecular weight excluding hydrogens is 364 g/mol. The number of nitrogens with zero attached hydrogens (tertiary/aromatic N) is 1. The van der Waals surface area contributed by atoms with Crippen LogP contribution in [0.4, 0.5) is 0 Å². The normalized spacial score (nSPS) is 15.3. The van der Waals surface area contributed by atoms with Crippen LogP contribution in [-0.2, 0) is 16.0 Å². The van der Waals surface area contributed by atoms with Gasteiger partial charge in [0, 0.05) is 24.2 Å². The van der Waals surface area contributed by atoms with Gasteiger partial charge >= 0.3 is 5.97 Å². The minimum absolute atomic E-state index is 0.257. The van der Waals surface area contributed by atoms with Gasteiger partial charge in [0.15, 0.2) is 0 Å². The monoisotopic (exact) mass is 390 g/mol. The molecule has 2 aromatic carbocycles. The summed E-state index contributed by atoms with van der Waals surface area (Å²) in [4.78, 5) is 24.7. The van der Waals surface area contributed by atoms with Crippen LogP contribution in [0.2, 0.25) is 0 Å². The third-order valence-electron chi connectivity index (χ3n) is 5.24. The van der Waals surface area contributed by atoms with Crippen molar-refractivity contribution in [2.24, 2.45) is 11.7 Å². The quantitative estimate of drug-likeness (QED) is 0.769. The van der Waals surface area contributed by atoms with Gasteiger partial charge in [-0.3, -0.25) is 9.59 Å². The summed E-state index contributed by atoms with van der Waals surface area (Å²) >= 11 is 0. The van der Waals surface area contributed by atoms with Gasteiger partial charge in [-0.25, -0.2) is 0 Å². The fraction of sp³-hybridized carbons (Fsp3) is 0.333. The van der Waals surface area contributed by atoms with Crippen molar-refractivity contribution in [3.05, 3.63) is 71.3 Å². The summed E-state index contributed by atoms with van der Waals surface area (Å²) in [5.41, 5.74) is 8.96. The molecule has 0 radical (unpaired) electrons. The summed E-state index contributed by atoms with van der Waals surface area (Å²) in [7, 11) is 0. The van der Waals surface area contributed by atoms with E-state index in [1.165, 1.54) is 5.56 Å². The molecule has 2 aromatic rings. The van der Waals surface area contributed by atoms with E-state index in [1.54, 1.807) is 4.90 Å². The Balaban J connectivity index is 1.49. The van der Waals surface area contributed by atoms with Crippen LogP contribution in [0, 0.1) is 17.8 Å². The number of amides is 1. The van der Waals surface area contributed by atoms with Crippen molar-refractivity contribution in [3.8, 4) is 11.8 Å². The molecule has 3 N–H and O–H groups in total.